The van der Waals surface area contributed by atoms with Crippen molar-refractivity contribution in [2.75, 3.05) is 18.5 Å². The van der Waals surface area contributed by atoms with Crippen LogP contribution in [0.5, 0.6) is 0 Å². The molecule has 2 aromatic carbocycles. The van der Waals surface area contributed by atoms with Crippen LogP contribution in [0.1, 0.15) is 46.5 Å². The fourth-order valence-electron chi connectivity index (χ4n) is 3.43. The van der Waals surface area contributed by atoms with Crippen LogP contribution in [-0.2, 0) is 13.6 Å². The zero-order chi connectivity index (χ0) is 23.0. The fourth-order valence-corrected chi connectivity index (χ4v) is 5.37. The quantitative estimate of drug-likeness (QED) is 0.163. The number of nitro benzene ring substituents is 2. The second-order valence-electron chi connectivity index (χ2n) is 6.88. The highest BCUT2D eigenvalue weighted by molar-refractivity contribution is 7.54. The Morgan fingerprint density at radius 1 is 0.968 bits per heavy atom. The largest absolute Gasteiger partial charge is 0.365 e. The summed E-state index contributed by atoms with van der Waals surface area (Å²) in [6, 6.07) is 7.28. The molecule has 0 aliphatic heterocycles. The summed E-state index contributed by atoms with van der Waals surface area (Å²) >= 11 is 0. The Morgan fingerprint density at radius 3 is 2.06 bits per heavy atom. The van der Waals surface area contributed by atoms with E-state index in [-0.39, 0.29) is 30.0 Å². The highest BCUT2D eigenvalue weighted by Gasteiger charge is 2.37. The maximum Gasteiger partial charge on any atom is 0.352 e. The molecular weight excluding hydrogens is 425 g/mol. The second-order valence-corrected chi connectivity index (χ2v) is 9.10. The molecule has 0 saturated carbocycles. The molecule has 31 heavy (non-hydrogen) atoms. The maximum absolute atomic E-state index is 13.5. The molecule has 0 saturated heterocycles. The Balaban J connectivity index is 2.67. The van der Waals surface area contributed by atoms with Gasteiger partial charge in [-0.25, -0.2) is 0 Å². The maximum atomic E-state index is 13.5. The van der Waals surface area contributed by atoms with E-state index in [4.69, 9.17) is 9.05 Å². The standard InChI is InChI=1S/C20H28N3O7P/c1-4-7-8-13-19(31(28,29-5-2)30-6-3)21-20-16-12-10-9-11-15(16)17(22(24)25)14-18(20)23(26)27/h9-12,14,19,21H,4-8,13H2,1-3H3. The molecule has 0 aliphatic carbocycles. The van der Waals surface area contributed by atoms with Crippen LogP contribution in [0, 0.1) is 20.2 Å². The molecule has 1 N–H and O–H groups in total. The lowest BCUT2D eigenvalue weighted by molar-refractivity contribution is -0.392. The Morgan fingerprint density at radius 2 is 1.55 bits per heavy atom. The summed E-state index contributed by atoms with van der Waals surface area (Å²) in [5.41, 5.74) is -0.772. The summed E-state index contributed by atoms with van der Waals surface area (Å²) in [6.45, 7) is 5.71. The van der Waals surface area contributed by atoms with Crippen LogP contribution < -0.4 is 5.32 Å². The molecule has 2 rings (SSSR count). The lowest BCUT2D eigenvalue weighted by Gasteiger charge is -2.28. The van der Waals surface area contributed by atoms with Crippen LogP contribution in [0.2, 0.25) is 0 Å². The summed E-state index contributed by atoms with van der Waals surface area (Å²) in [7, 11) is -3.66. The van der Waals surface area contributed by atoms with Crippen LogP contribution >= 0.6 is 7.60 Å². The van der Waals surface area contributed by atoms with Crippen molar-refractivity contribution >= 4 is 35.4 Å². The minimum Gasteiger partial charge on any atom is -0.365 e. The SMILES string of the molecule is CCCCCC(Nc1c([N+](=O)[O-])cc([N+](=O)[O-])c2ccccc12)P(=O)(OCC)OCC. The Labute approximate surface area is 180 Å². The van der Waals surface area contributed by atoms with Crippen LogP contribution in [0.4, 0.5) is 17.1 Å². The number of hydrogen-bond acceptors (Lipinski definition) is 8. The van der Waals surface area contributed by atoms with Gasteiger partial charge in [0.15, 0.2) is 0 Å². The van der Waals surface area contributed by atoms with Gasteiger partial charge in [0, 0.05) is 5.39 Å². The number of hydrogen-bond donors (Lipinski definition) is 1. The first-order valence-corrected chi connectivity index (χ1v) is 11.9. The molecule has 170 valence electrons. The molecule has 2 aromatic rings. The monoisotopic (exact) mass is 453 g/mol. The average Bonchev–Trinajstić information content (AvgIpc) is 2.72. The van der Waals surface area contributed by atoms with Gasteiger partial charge in [-0.2, -0.15) is 0 Å². The first-order valence-electron chi connectivity index (χ1n) is 10.3. The average molecular weight is 453 g/mol. The van der Waals surface area contributed by atoms with E-state index < -0.39 is 28.9 Å². The van der Waals surface area contributed by atoms with Crippen molar-refractivity contribution in [3.05, 3.63) is 50.6 Å². The Bertz CT molecular complexity index is 973. The minimum atomic E-state index is -3.66. The zero-order valence-electron chi connectivity index (χ0n) is 17.9. The predicted molar refractivity (Wildman–Crippen MR) is 120 cm³/mol. The lowest BCUT2D eigenvalue weighted by atomic mass is 10.0. The number of non-ortho nitro benzene ring substituents is 1. The van der Waals surface area contributed by atoms with Crippen LogP contribution in [0.25, 0.3) is 10.8 Å². The molecular formula is C20H28N3O7P. The van der Waals surface area contributed by atoms with E-state index in [0.717, 1.165) is 18.9 Å². The topological polar surface area (TPSA) is 134 Å². The van der Waals surface area contributed by atoms with Crippen molar-refractivity contribution in [2.24, 2.45) is 0 Å². The van der Waals surface area contributed by atoms with E-state index in [0.29, 0.717) is 18.2 Å². The second kappa shape index (κ2) is 11.2. The van der Waals surface area contributed by atoms with E-state index in [9.17, 15) is 24.8 Å². The van der Waals surface area contributed by atoms with E-state index in [1.807, 2.05) is 6.92 Å². The van der Waals surface area contributed by atoms with Crippen LogP contribution in [0.3, 0.4) is 0 Å². The predicted octanol–water partition coefficient (Wildman–Crippen LogP) is 6.24. The number of fused-ring (bicyclic) bond motifs is 1. The van der Waals surface area contributed by atoms with Gasteiger partial charge < -0.3 is 14.4 Å². The molecule has 10 nitrogen and oxygen atoms in total. The van der Waals surface area contributed by atoms with Crippen LogP contribution in [-0.4, -0.2) is 28.8 Å². The summed E-state index contributed by atoms with van der Waals surface area (Å²) in [5, 5.41) is 26.9. The van der Waals surface area contributed by atoms with Crippen molar-refractivity contribution in [3.8, 4) is 0 Å². The van der Waals surface area contributed by atoms with Gasteiger partial charge in [0.25, 0.3) is 11.4 Å². The highest BCUT2D eigenvalue weighted by atomic mass is 31.2. The normalized spacial score (nSPS) is 12.6. The molecule has 0 aliphatic rings. The summed E-state index contributed by atoms with van der Waals surface area (Å²) in [4.78, 5) is 22.0. The van der Waals surface area contributed by atoms with Crippen molar-refractivity contribution in [3.63, 3.8) is 0 Å². The molecule has 1 unspecified atom stereocenters. The number of benzene rings is 2. The third-order valence-corrected chi connectivity index (χ3v) is 7.17. The number of unbranched alkanes of at least 4 members (excludes halogenated alkanes) is 2. The van der Waals surface area contributed by atoms with Crippen molar-refractivity contribution in [1.29, 1.82) is 0 Å². The third-order valence-electron chi connectivity index (χ3n) is 4.79. The van der Waals surface area contributed by atoms with Crippen molar-refractivity contribution < 1.29 is 23.5 Å². The molecule has 0 heterocycles. The summed E-state index contributed by atoms with van der Waals surface area (Å²) in [5.74, 6) is -0.845. The Hall–Kier alpha value is -2.55. The first kappa shape index (κ1) is 24.7. The Kier molecular flexibility index (Phi) is 8.91. The van der Waals surface area contributed by atoms with Gasteiger partial charge in [0.1, 0.15) is 11.5 Å². The van der Waals surface area contributed by atoms with Gasteiger partial charge in [-0.15, -0.1) is 0 Å². The lowest BCUT2D eigenvalue weighted by Crippen LogP contribution is -2.23. The smallest absolute Gasteiger partial charge is 0.352 e. The van der Waals surface area contributed by atoms with E-state index in [1.54, 1.807) is 32.0 Å². The molecule has 11 heteroatoms. The number of nitro groups is 2. The fraction of sp³-hybridized carbons (Fsp3) is 0.500. The molecule has 0 fully saturated rings. The summed E-state index contributed by atoms with van der Waals surface area (Å²) < 4.78 is 24.5. The van der Waals surface area contributed by atoms with E-state index in [1.165, 1.54) is 6.07 Å². The molecule has 1 atom stereocenters. The van der Waals surface area contributed by atoms with Gasteiger partial charge in [-0.3, -0.25) is 24.8 Å². The molecule has 0 radical (unpaired) electrons. The molecule has 0 aromatic heterocycles. The van der Waals surface area contributed by atoms with Gasteiger partial charge in [0.05, 0.1) is 34.5 Å². The van der Waals surface area contributed by atoms with E-state index in [2.05, 4.69) is 5.32 Å². The highest BCUT2D eigenvalue weighted by Crippen LogP contribution is 2.55. The molecule has 0 spiro atoms. The van der Waals surface area contributed by atoms with E-state index >= 15 is 0 Å². The van der Waals surface area contributed by atoms with Crippen molar-refractivity contribution in [2.45, 2.75) is 52.2 Å². The summed E-state index contributed by atoms with van der Waals surface area (Å²) in [6.07, 6.45) is 2.91. The van der Waals surface area contributed by atoms with Gasteiger partial charge in [-0.1, -0.05) is 44.4 Å². The first-order chi connectivity index (χ1) is 14.8. The number of nitrogens with zero attached hydrogens (tertiary/aromatic N) is 2. The van der Waals surface area contributed by atoms with Crippen molar-refractivity contribution in [1.82, 2.24) is 0 Å². The van der Waals surface area contributed by atoms with Gasteiger partial charge >= 0.3 is 7.60 Å². The van der Waals surface area contributed by atoms with Gasteiger partial charge in [0.2, 0.25) is 0 Å². The molecule has 0 amide bonds. The number of nitrogens with one attached hydrogen (secondary N) is 1. The van der Waals surface area contributed by atoms with Gasteiger partial charge in [-0.05, 0) is 26.3 Å². The zero-order valence-corrected chi connectivity index (χ0v) is 18.8. The minimum absolute atomic E-state index is 0.0623. The molecule has 0 bridgehead atoms. The van der Waals surface area contributed by atoms with Crippen LogP contribution in [0.15, 0.2) is 30.3 Å². The third kappa shape index (κ3) is 5.78. The number of anilines is 1. The number of rotatable bonds is 13.